The molecule has 4 atom stereocenters. The highest BCUT2D eigenvalue weighted by atomic mass is 35.5. The molecule has 4 fully saturated rings. The van der Waals surface area contributed by atoms with Crippen molar-refractivity contribution in [2.24, 2.45) is 23.2 Å². The lowest BCUT2D eigenvalue weighted by molar-refractivity contribution is 0.00573. The quantitative estimate of drug-likeness (QED) is 0.714. The zero-order valence-corrected chi connectivity index (χ0v) is 15.4. The van der Waals surface area contributed by atoms with Gasteiger partial charge in [-0.25, -0.2) is 0 Å². The molecular formula is C21H28ClNO. The van der Waals surface area contributed by atoms with E-state index in [0.29, 0.717) is 10.4 Å². The molecule has 4 aliphatic rings. The molecule has 0 heterocycles. The molecule has 5 rings (SSSR count). The minimum Gasteiger partial charge on any atom is -0.338 e. The van der Waals surface area contributed by atoms with E-state index in [4.69, 9.17) is 11.6 Å². The van der Waals surface area contributed by atoms with Crippen LogP contribution in [0.3, 0.4) is 0 Å². The van der Waals surface area contributed by atoms with Gasteiger partial charge in [-0.15, -0.1) is 0 Å². The number of benzene rings is 1. The van der Waals surface area contributed by atoms with E-state index in [1.807, 2.05) is 18.2 Å². The second-order valence-corrected chi connectivity index (χ2v) is 9.03. The molecule has 0 aliphatic heterocycles. The zero-order chi connectivity index (χ0) is 16.7. The van der Waals surface area contributed by atoms with Gasteiger partial charge in [0.1, 0.15) is 0 Å². The van der Waals surface area contributed by atoms with Gasteiger partial charge in [-0.3, -0.25) is 4.79 Å². The highest BCUT2D eigenvalue weighted by Crippen LogP contribution is 2.57. The molecule has 0 N–H and O–H groups in total. The Morgan fingerprint density at radius 2 is 1.83 bits per heavy atom. The Kier molecular flexibility index (Phi) is 4.36. The van der Waals surface area contributed by atoms with Gasteiger partial charge >= 0.3 is 0 Å². The van der Waals surface area contributed by atoms with Gasteiger partial charge in [-0.2, -0.15) is 0 Å². The van der Waals surface area contributed by atoms with E-state index in [1.165, 1.54) is 44.9 Å². The largest absolute Gasteiger partial charge is 0.338 e. The van der Waals surface area contributed by atoms with Crippen LogP contribution < -0.4 is 0 Å². The van der Waals surface area contributed by atoms with Crippen LogP contribution in [-0.4, -0.2) is 23.9 Å². The Bertz CT molecular complexity index is 612. The van der Waals surface area contributed by atoms with Crippen molar-refractivity contribution in [2.75, 3.05) is 13.1 Å². The molecule has 3 heteroatoms. The SMILES string of the molecule is CCN(CC12CC3C[C@@H](CC[C@@H](C3)C1)C2)C(=O)c1cccc(Cl)c1. The van der Waals surface area contributed by atoms with E-state index >= 15 is 0 Å². The minimum absolute atomic E-state index is 0.148. The summed E-state index contributed by atoms with van der Waals surface area (Å²) in [4.78, 5) is 15.1. The number of hydrogen-bond acceptors (Lipinski definition) is 1. The van der Waals surface area contributed by atoms with Crippen LogP contribution in [0.2, 0.25) is 5.02 Å². The molecule has 0 radical (unpaired) electrons. The maximum Gasteiger partial charge on any atom is 0.253 e. The van der Waals surface area contributed by atoms with Gasteiger partial charge in [-0.05, 0) is 80.4 Å². The molecule has 24 heavy (non-hydrogen) atoms. The highest BCUT2D eigenvalue weighted by Gasteiger charge is 2.49. The lowest BCUT2D eigenvalue weighted by Gasteiger charge is -2.50. The first-order valence-electron chi connectivity index (χ1n) is 9.62. The maximum atomic E-state index is 13.0. The van der Waals surface area contributed by atoms with Crippen LogP contribution in [0.1, 0.15) is 62.2 Å². The third-order valence-corrected chi connectivity index (χ3v) is 6.98. The van der Waals surface area contributed by atoms with Crippen molar-refractivity contribution in [1.29, 1.82) is 0 Å². The number of amides is 1. The average molecular weight is 346 g/mol. The number of hydrogen-bond donors (Lipinski definition) is 0. The molecule has 1 aromatic rings. The normalized spacial score (nSPS) is 34.2. The number of carbonyl (C=O) groups excluding carboxylic acids is 1. The number of fused-ring (bicyclic) bond motifs is 1. The molecule has 130 valence electrons. The summed E-state index contributed by atoms with van der Waals surface area (Å²) in [5.41, 5.74) is 1.11. The smallest absolute Gasteiger partial charge is 0.253 e. The van der Waals surface area contributed by atoms with Gasteiger partial charge in [0.2, 0.25) is 0 Å². The molecule has 2 nitrogen and oxygen atoms in total. The fourth-order valence-corrected chi connectivity index (χ4v) is 6.29. The second-order valence-electron chi connectivity index (χ2n) is 8.59. The van der Waals surface area contributed by atoms with E-state index < -0.39 is 0 Å². The molecule has 0 saturated heterocycles. The fourth-order valence-electron chi connectivity index (χ4n) is 6.10. The molecule has 2 unspecified atom stereocenters. The zero-order valence-electron chi connectivity index (χ0n) is 14.6. The third-order valence-electron chi connectivity index (χ3n) is 6.75. The van der Waals surface area contributed by atoms with E-state index in [0.717, 1.165) is 36.4 Å². The van der Waals surface area contributed by atoms with Crippen LogP contribution in [0.15, 0.2) is 24.3 Å². The van der Waals surface area contributed by atoms with E-state index in [1.54, 1.807) is 6.07 Å². The van der Waals surface area contributed by atoms with Crippen molar-refractivity contribution in [3.05, 3.63) is 34.9 Å². The van der Waals surface area contributed by atoms with Gasteiger partial charge in [0.05, 0.1) is 0 Å². The van der Waals surface area contributed by atoms with Gasteiger partial charge in [0.15, 0.2) is 0 Å². The monoisotopic (exact) mass is 345 g/mol. The predicted molar refractivity (Wildman–Crippen MR) is 98.3 cm³/mol. The molecule has 1 amide bonds. The van der Waals surface area contributed by atoms with Crippen LogP contribution in [0.4, 0.5) is 0 Å². The Balaban J connectivity index is 1.55. The number of nitrogens with zero attached hydrogens (tertiary/aromatic N) is 1. The van der Waals surface area contributed by atoms with Crippen LogP contribution in [0.5, 0.6) is 0 Å². The van der Waals surface area contributed by atoms with Gasteiger partial charge in [0.25, 0.3) is 5.91 Å². The summed E-state index contributed by atoms with van der Waals surface area (Å²) in [5, 5.41) is 0.642. The standard InChI is InChI=1S/C21H28ClNO/c1-2-23(20(24)18-4-3-5-19(22)10-18)14-21-11-15-6-7-16(12-21)9-17(8-15)13-21/h3-5,10,15-17H,2,6-9,11-14H2,1H3/t15-,16+,17?,21?. The third kappa shape index (κ3) is 3.10. The van der Waals surface area contributed by atoms with E-state index in [-0.39, 0.29) is 5.91 Å². The fraction of sp³-hybridized carbons (Fsp3) is 0.667. The van der Waals surface area contributed by atoms with Crippen molar-refractivity contribution >= 4 is 17.5 Å². The number of halogens is 1. The first kappa shape index (κ1) is 16.4. The van der Waals surface area contributed by atoms with E-state index in [2.05, 4.69) is 11.8 Å². The van der Waals surface area contributed by atoms with Gasteiger partial charge in [-0.1, -0.05) is 30.5 Å². The summed E-state index contributed by atoms with van der Waals surface area (Å²) in [6.07, 6.45) is 9.80. The van der Waals surface area contributed by atoms with Crippen molar-refractivity contribution in [1.82, 2.24) is 4.90 Å². The van der Waals surface area contributed by atoms with Crippen molar-refractivity contribution in [3.8, 4) is 0 Å². The maximum absolute atomic E-state index is 13.0. The number of rotatable bonds is 4. The van der Waals surface area contributed by atoms with Gasteiger partial charge < -0.3 is 4.90 Å². The summed E-state index contributed by atoms with van der Waals surface area (Å²) in [7, 11) is 0. The molecule has 1 aromatic carbocycles. The molecule has 0 aromatic heterocycles. The van der Waals surface area contributed by atoms with Crippen LogP contribution in [0.25, 0.3) is 0 Å². The summed E-state index contributed by atoms with van der Waals surface area (Å²) >= 11 is 6.09. The lowest BCUT2D eigenvalue weighted by Crippen LogP contribution is -2.47. The Hall–Kier alpha value is -1.02. The topological polar surface area (TPSA) is 20.3 Å². The molecule has 4 saturated carbocycles. The molecule has 4 bridgehead atoms. The Labute approximate surface area is 150 Å². The second kappa shape index (κ2) is 6.37. The minimum atomic E-state index is 0.148. The summed E-state index contributed by atoms with van der Waals surface area (Å²) in [6, 6.07) is 7.40. The first-order chi connectivity index (χ1) is 11.6. The van der Waals surface area contributed by atoms with Crippen LogP contribution in [-0.2, 0) is 0 Å². The van der Waals surface area contributed by atoms with Crippen LogP contribution in [0, 0.1) is 23.2 Å². The van der Waals surface area contributed by atoms with Crippen LogP contribution >= 0.6 is 11.6 Å². The first-order valence-corrected chi connectivity index (χ1v) is 9.99. The Morgan fingerprint density at radius 3 is 2.46 bits per heavy atom. The average Bonchev–Trinajstić information content (AvgIpc) is 2.77. The van der Waals surface area contributed by atoms with Crippen molar-refractivity contribution < 1.29 is 4.79 Å². The number of carbonyl (C=O) groups is 1. The van der Waals surface area contributed by atoms with E-state index in [9.17, 15) is 4.79 Å². The lowest BCUT2D eigenvalue weighted by atomic mass is 9.58. The predicted octanol–water partition coefficient (Wildman–Crippen LogP) is 5.41. The summed E-state index contributed by atoms with van der Waals surface area (Å²) in [5.74, 6) is 2.90. The van der Waals surface area contributed by atoms with Crippen molar-refractivity contribution in [3.63, 3.8) is 0 Å². The summed E-state index contributed by atoms with van der Waals surface area (Å²) < 4.78 is 0. The molecular weight excluding hydrogens is 318 g/mol. The Morgan fingerprint density at radius 1 is 1.17 bits per heavy atom. The highest BCUT2D eigenvalue weighted by molar-refractivity contribution is 6.30. The summed E-state index contributed by atoms with van der Waals surface area (Å²) in [6.45, 7) is 3.84. The van der Waals surface area contributed by atoms with Crippen molar-refractivity contribution in [2.45, 2.75) is 51.9 Å². The van der Waals surface area contributed by atoms with Gasteiger partial charge in [0, 0.05) is 23.7 Å². The molecule has 4 aliphatic carbocycles. The molecule has 0 spiro atoms.